The second-order valence-corrected chi connectivity index (χ2v) is 4.96. The van der Waals surface area contributed by atoms with E-state index in [0.717, 1.165) is 36.0 Å². The molecule has 16 heavy (non-hydrogen) atoms. The van der Waals surface area contributed by atoms with Crippen LogP contribution in [0, 0.1) is 0 Å². The van der Waals surface area contributed by atoms with Crippen LogP contribution >= 0.6 is 15.9 Å². The van der Waals surface area contributed by atoms with Gasteiger partial charge in [-0.15, -0.1) is 0 Å². The lowest BCUT2D eigenvalue weighted by molar-refractivity contribution is 0.0714. The van der Waals surface area contributed by atoms with Crippen molar-refractivity contribution in [2.24, 2.45) is 5.73 Å². The maximum atomic E-state index is 12.2. The molecule has 86 valence electrons. The van der Waals surface area contributed by atoms with Gasteiger partial charge in [0.2, 0.25) is 0 Å². The van der Waals surface area contributed by atoms with Gasteiger partial charge in [-0.05, 0) is 40.9 Å². The van der Waals surface area contributed by atoms with Crippen LogP contribution in [0.15, 0.2) is 28.7 Å². The van der Waals surface area contributed by atoms with Crippen LogP contribution in [0.25, 0.3) is 0 Å². The second kappa shape index (κ2) is 4.97. The van der Waals surface area contributed by atoms with Gasteiger partial charge in [0.15, 0.2) is 0 Å². The van der Waals surface area contributed by atoms with Gasteiger partial charge in [-0.2, -0.15) is 0 Å². The van der Waals surface area contributed by atoms with Crippen molar-refractivity contribution in [2.75, 3.05) is 13.1 Å². The smallest absolute Gasteiger partial charge is 0.254 e. The van der Waals surface area contributed by atoms with E-state index in [1.807, 2.05) is 29.2 Å². The van der Waals surface area contributed by atoms with Gasteiger partial charge in [-0.1, -0.05) is 12.1 Å². The average molecular weight is 283 g/mol. The fraction of sp³-hybridized carbons (Fsp3) is 0.417. The van der Waals surface area contributed by atoms with Crippen LogP contribution in [0.1, 0.15) is 23.2 Å². The number of nitrogens with zero attached hydrogens (tertiary/aromatic N) is 1. The van der Waals surface area contributed by atoms with E-state index in [2.05, 4.69) is 15.9 Å². The average Bonchev–Trinajstić information content (AvgIpc) is 2.30. The number of hydrogen-bond donors (Lipinski definition) is 1. The van der Waals surface area contributed by atoms with Crippen molar-refractivity contribution < 1.29 is 4.79 Å². The number of halogens is 1. The minimum atomic E-state index is 0.0966. The van der Waals surface area contributed by atoms with E-state index in [-0.39, 0.29) is 11.9 Å². The Balaban J connectivity index is 2.11. The van der Waals surface area contributed by atoms with Crippen LogP contribution in [0.4, 0.5) is 0 Å². The van der Waals surface area contributed by atoms with Gasteiger partial charge in [-0.3, -0.25) is 4.79 Å². The van der Waals surface area contributed by atoms with Crippen LogP contribution < -0.4 is 5.73 Å². The number of rotatable bonds is 1. The molecule has 0 atom stereocenters. The monoisotopic (exact) mass is 282 g/mol. The maximum absolute atomic E-state index is 12.2. The Bertz CT molecular complexity index is 386. The Morgan fingerprint density at radius 1 is 1.31 bits per heavy atom. The standard InChI is InChI=1S/C12H15BrN2O/c13-11-4-2-1-3-10(11)12(16)15-7-5-9(14)6-8-15/h1-4,9H,5-8,14H2. The largest absolute Gasteiger partial charge is 0.338 e. The number of carbonyl (C=O) groups excluding carboxylic acids is 1. The first-order valence-electron chi connectivity index (χ1n) is 5.48. The summed E-state index contributed by atoms with van der Waals surface area (Å²) in [5, 5.41) is 0. The summed E-state index contributed by atoms with van der Waals surface area (Å²) in [5.41, 5.74) is 6.55. The first-order chi connectivity index (χ1) is 7.68. The fourth-order valence-corrected chi connectivity index (χ4v) is 2.36. The van der Waals surface area contributed by atoms with Crippen molar-refractivity contribution in [3.63, 3.8) is 0 Å². The maximum Gasteiger partial charge on any atom is 0.254 e. The van der Waals surface area contributed by atoms with Crippen molar-refractivity contribution in [1.29, 1.82) is 0 Å². The molecule has 1 amide bonds. The summed E-state index contributed by atoms with van der Waals surface area (Å²) in [6.07, 6.45) is 1.80. The minimum Gasteiger partial charge on any atom is -0.338 e. The Morgan fingerprint density at radius 3 is 2.56 bits per heavy atom. The molecule has 0 aromatic heterocycles. The summed E-state index contributed by atoms with van der Waals surface area (Å²) in [4.78, 5) is 14.1. The summed E-state index contributed by atoms with van der Waals surface area (Å²) < 4.78 is 0.856. The molecule has 1 fully saturated rings. The predicted molar refractivity (Wildman–Crippen MR) is 67.3 cm³/mol. The Morgan fingerprint density at radius 2 is 1.94 bits per heavy atom. The molecule has 0 aliphatic carbocycles. The lowest BCUT2D eigenvalue weighted by atomic mass is 10.1. The normalized spacial score (nSPS) is 17.5. The fourth-order valence-electron chi connectivity index (χ4n) is 1.91. The van der Waals surface area contributed by atoms with Gasteiger partial charge in [0.05, 0.1) is 5.56 Å². The zero-order chi connectivity index (χ0) is 11.5. The highest BCUT2D eigenvalue weighted by molar-refractivity contribution is 9.10. The third-order valence-corrected chi connectivity index (χ3v) is 3.62. The second-order valence-electron chi connectivity index (χ2n) is 4.11. The molecule has 0 spiro atoms. The SMILES string of the molecule is NC1CCN(C(=O)c2ccccc2Br)CC1. The molecule has 2 N–H and O–H groups in total. The van der Waals surface area contributed by atoms with Gasteiger partial charge >= 0.3 is 0 Å². The zero-order valence-corrected chi connectivity index (χ0v) is 10.6. The summed E-state index contributed by atoms with van der Waals surface area (Å²) in [6, 6.07) is 7.79. The van der Waals surface area contributed by atoms with Crippen molar-refractivity contribution in [1.82, 2.24) is 4.90 Å². The van der Waals surface area contributed by atoms with Crippen LogP contribution in [0.3, 0.4) is 0 Å². The quantitative estimate of drug-likeness (QED) is 0.857. The topological polar surface area (TPSA) is 46.3 Å². The highest BCUT2D eigenvalue weighted by Crippen LogP contribution is 2.19. The van der Waals surface area contributed by atoms with Gasteiger partial charge in [-0.25, -0.2) is 0 Å². The van der Waals surface area contributed by atoms with Crippen molar-refractivity contribution in [2.45, 2.75) is 18.9 Å². The van der Waals surface area contributed by atoms with E-state index in [1.165, 1.54) is 0 Å². The lowest BCUT2D eigenvalue weighted by Gasteiger charge is -2.30. The van der Waals surface area contributed by atoms with Crippen LogP contribution in [0.2, 0.25) is 0 Å². The molecule has 0 radical (unpaired) electrons. The molecule has 0 bridgehead atoms. The number of hydrogen-bond acceptors (Lipinski definition) is 2. The molecular weight excluding hydrogens is 268 g/mol. The summed E-state index contributed by atoms with van der Waals surface area (Å²) in [7, 11) is 0. The third-order valence-electron chi connectivity index (χ3n) is 2.93. The molecule has 1 aromatic carbocycles. The van der Waals surface area contributed by atoms with Crippen LogP contribution in [-0.2, 0) is 0 Å². The molecule has 1 aliphatic heterocycles. The highest BCUT2D eigenvalue weighted by atomic mass is 79.9. The molecule has 3 nitrogen and oxygen atoms in total. The first kappa shape index (κ1) is 11.6. The molecular formula is C12H15BrN2O. The number of nitrogens with two attached hydrogens (primary N) is 1. The third kappa shape index (κ3) is 2.44. The Kier molecular flexibility index (Phi) is 3.61. The lowest BCUT2D eigenvalue weighted by Crippen LogP contribution is -2.42. The molecule has 0 saturated carbocycles. The van der Waals surface area contributed by atoms with Crippen molar-refractivity contribution in [3.8, 4) is 0 Å². The predicted octanol–water partition coefficient (Wildman–Crippen LogP) is 2.01. The van der Waals surface area contributed by atoms with Crippen molar-refractivity contribution in [3.05, 3.63) is 34.3 Å². The number of carbonyl (C=O) groups is 1. The zero-order valence-electron chi connectivity index (χ0n) is 9.03. The van der Waals surface area contributed by atoms with Gasteiger partial charge in [0.1, 0.15) is 0 Å². The van der Waals surface area contributed by atoms with Gasteiger partial charge in [0, 0.05) is 23.6 Å². The van der Waals surface area contributed by atoms with E-state index >= 15 is 0 Å². The van der Waals surface area contributed by atoms with Crippen LogP contribution in [0.5, 0.6) is 0 Å². The van der Waals surface area contributed by atoms with E-state index in [1.54, 1.807) is 0 Å². The summed E-state index contributed by atoms with van der Waals surface area (Å²) in [6.45, 7) is 1.53. The van der Waals surface area contributed by atoms with Gasteiger partial charge < -0.3 is 10.6 Å². The van der Waals surface area contributed by atoms with Crippen molar-refractivity contribution >= 4 is 21.8 Å². The first-order valence-corrected chi connectivity index (χ1v) is 6.27. The number of amides is 1. The Labute approximate surface area is 104 Å². The molecule has 0 unspecified atom stereocenters. The van der Waals surface area contributed by atoms with Crippen LogP contribution in [-0.4, -0.2) is 29.9 Å². The number of benzene rings is 1. The molecule has 1 saturated heterocycles. The molecule has 4 heteroatoms. The molecule has 1 aromatic rings. The molecule has 2 rings (SSSR count). The summed E-state index contributed by atoms with van der Waals surface area (Å²) in [5.74, 6) is 0.0966. The summed E-state index contributed by atoms with van der Waals surface area (Å²) >= 11 is 3.40. The van der Waals surface area contributed by atoms with E-state index in [0.29, 0.717) is 0 Å². The number of piperidine rings is 1. The number of likely N-dealkylation sites (tertiary alicyclic amines) is 1. The minimum absolute atomic E-state index is 0.0966. The molecule has 1 aliphatic rings. The van der Waals surface area contributed by atoms with E-state index in [4.69, 9.17) is 5.73 Å². The Hall–Kier alpha value is -0.870. The van der Waals surface area contributed by atoms with E-state index < -0.39 is 0 Å². The molecule has 1 heterocycles. The van der Waals surface area contributed by atoms with E-state index in [9.17, 15) is 4.79 Å². The highest BCUT2D eigenvalue weighted by Gasteiger charge is 2.22. The van der Waals surface area contributed by atoms with Gasteiger partial charge in [0.25, 0.3) is 5.91 Å².